The lowest BCUT2D eigenvalue weighted by Gasteiger charge is -2.39. The summed E-state index contributed by atoms with van der Waals surface area (Å²) in [5.41, 5.74) is 0.496. The van der Waals surface area contributed by atoms with Gasteiger partial charge < -0.3 is 10.6 Å². The van der Waals surface area contributed by atoms with Crippen LogP contribution in [0.2, 0.25) is 0 Å². The molecule has 152 valence electrons. The van der Waals surface area contributed by atoms with Crippen molar-refractivity contribution in [1.29, 1.82) is 0 Å². The third-order valence-corrected chi connectivity index (χ3v) is 6.24. The van der Waals surface area contributed by atoms with E-state index in [1.807, 2.05) is 11.3 Å². The molecule has 1 saturated heterocycles. The van der Waals surface area contributed by atoms with Crippen LogP contribution in [0, 0.1) is 17.6 Å². The van der Waals surface area contributed by atoms with Gasteiger partial charge in [0.2, 0.25) is 0 Å². The SMILES string of the molecule is CN=C(NCCc1ccc(F)cc1F)NCC1CCCN(C)C1c1cccs1. The molecule has 1 aliphatic heterocycles. The van der Waals surface area contributed by atoms with E-state index in [4.69, 9.17) is 0 Å². The average molecular weight is 407 g/mol. The van der Waals surface area contributed by atoms with Gasteiger partial charge in [-0.3, -0.25) is 9.89 Å². The fourth-order valence-electron chi connectivity index (χ4n) is 3.87. The van der Waals surface area contributed by atoms with Crippen molar-refractivity contribution in [3.8, 4) is 0 Å². The van der Waals surface area contributed by atoms with Crippen LogP contribution in [0.3, 0.4) is 0 Å². The summed E-state index contributed by atoms with van der Waals surface area (Å²) in [4.78, 5) is 8.12. The van der Waals surface area contributed by atoms with Gasteiger partial charge in [0.1, 0.15) is 11.6 Å². The van der Waals surface area contributed by atoms with E-state index in [-0.39, 0.29) is 0 Å². The monoisotopic (exact) mass is 406 g/mol. The lowest BCUT2D eigenvalue weighted by molar-refractivity contribution is 0.125. The molecule has 3 rings (SSSR count). The van der Waals surface area contributed by atoms with Gasteiger partial charge in [-0.05, 0) is 61.8 Å². The van der Waals surface area contributed by atoms with Crippen LogP contribution in [0.1, 0.15) is 29.3 Å². The summed E-state index contributed by atoms with van der Waals surface area (Å²) in [6.07, 6.45) is 2.84. The highest BCUT2D eigenvalue weighted by Gasteiger charge is 2.31. The summed E-state index contributed by atoms with van der Waals surface area (Å²) in [6.45, 7) is 2.48. The predicted octanol–water partition coefficient (Wildman–Crippen LogP) is 3.82. The first-order valence-corrected chi connectivity index (χ1v) is 10.6. The Bertz CT molecular complexity index is 779. The van der Waals surface area contributed by atoms with Crippen molar-refractivity contribution in [2.45, 2.75) is 25.3 Å². The average Bonchev–Trinajstić information content (AvgIpc) is 3.20. The standard InChI is InChI=1S/C21H28F2N4S/c1-24-21(25-10-9-15-7-8-17(22)13-18(15)23)26-14-16-5-3-11-27(2)20(16)19-6-4-12-28-19/h4,6-8,12-13,16,20H,3,5,9-11,14H2,1-2H3,(H2,24,25,26). The molecule has 2 N–H and O–H groups in total. The Morgan fingerprint density at radius 2 is 2.14 bits per heavy atom. The van der Waals surface area contributed by atoms with E-state index in [2.05, 4.69) is 45.1 Å². The van der Waals surface area contributed by atoms with E-state index in [1.165, 1.54) is 29.9 Å². The number of likely N-dealkylation sites (tertiary alicyclic amines) is 1. The second kappa shape index (κ2) is 9.98. The first-order valence-electron chi connectivity index (χ1n) is 9.70. The van der Waals surface area contributed by atoms with E-state index in [0.717, 1.165) is 19.2 Å². The van der Waals surface area contributed by atoms with Crippen LogP contribution in [-0.2, 0) is 6.42 Å². The Morgan fingerprint density at radius 3 is 2.86 bits per heavy atom. The van der Waals surface area contributed by atoms with Gasteiger partial charge in [-0.25, -0.2) is 8.78 Å². The van der Waals surface area contributed by atoms with Crippen LogP contribution >= 0.6 is 11.3 Å². The Hall–Kier alpha value is -1.99. The van der Waals surface area contributed by atoms with Crippen molar-refractivity contribution in [2.24, 2.45) is 10.9 Å². The highest BCUT2D eigenvalue weighted by atomic mass is 32.1. The first kappa shape index (κ1) is 20.7. The van der Waals surface area contributed by atoms with Crippen molar-refractivity contribution in [2.75, 3.05) is 33.7 Å². The number of hydrogen-bond donors (Lipinski definition) is 2. The number of halogens is 2. The second-order valence-corrected chi connectivity index (χ2v) is 8.19. The number of nitrogens with one attached hydrogen (secondary N) is 2. The largest absolute Gasteiger partial charge is 0.356 e. The number of aliphatic imine (C=N–C) groups is 1. The number of nitrogens with zero attached hydrogens (tertiary/aromatic N) is 2. The molecule has 0 aliphatic carbocycles. The van der Waals surface area contributed by atoms with Gasteiger partial charge >= 0.3 is 0 Å². The maximum absolute atomic E-state index is 13.7. The Labute approximate surface area is 169 Å². The van der Waals surface area contributed by atoms with E-state index in [9.17, 15) is 8.78 Å². The van der Waals surface area contributed by atoms with Gasteiger partial charge in [0.25, 0.3) is 0 Å². The zero-order valence-corrected chi connectivity index (χ0v) is 17.2. The fraction of sp³-hybridized carbons (Fsp3) is 0.476. The van der Waals surface area contributed by atoms with Crippen LogP contribution in [0.25, 0.3) is 0 Å². The van der Waals surface area contributed by atoms with Crippen LogP contribution in [-0.4, -0.2) is 44.6 Å². The molecule has 7 heteroatoms. The molecule has 1 fully saturated rings. The van der Waals surface area contributed by atoms with Gasteiger partial charge in [0, 0.05) is 37.1 Å². The molecule has 0 bridgehead atoms. The maximum atomic E-state index is 13.7. The van der Waals surface area contributed by atoms with Crippen molar-refractivity contribution in [1.82, 2.24) is 15.5 Å². The molecule has 2 unspecified atom stereocenters. The molecular weight excluding hydrogens is 378 g/mol. The first-order chi connectivity index (χ1) is 13.6. The molecule has 1 aliphatic rings. The molecule has 2 aromatic rings. The molecule has 0 saturated carbocycles. The minimum absolute atomic E-state index is 0.424. The summed E-state index contributed by atoms with van der Waals surface area (Å²) in [6, 6.07) is 8.46. The van der Waals surface area contributed by atoms with E-state index in [0.29, 0.717) is 36.4 Å². The lowest BCUT2D eigenvalue weighted by Crippen LogP contribution is -2.45. The number of thiophene rings is 1. The smallest absolute Gasteiger partial charge is 0.190 e. The summed E-state index contributed by atoms with van der Waals surface area (Å²) in [7, 11) is 3.93. The van der Waals surface area contributed by atoms with E-state index < -0.39 is 11.6 Å². The number of piperidine rings is 1. The highest BCUT2D eigenvalue weighted by molar-refractivity contribution is 7.10. The molecule has 4 nitrogen and oxygen atoms in total. The number of guanidine groups is 1. The van der Waals surface area contributed by atoms with Crippen molar-refractivity contribution in [3.05, 3.63) is 57.8 Å². The predicted molar refractivity (Wildman–Crippen MR) is 112 cm³/mol. The molecule has 0 amide bonds. The van der Waals surface area contributed by atoms with Crippen LogP contribution in [0.5, 0.6) is 0 Å². The summed E-state index contributed by atoms with van der Waals surface area (Å²) >= 11 is 1.81. The molecule has 2 atom stereocenters. The summed E-state index contributed by atoms with van der Waals surface area (Å²) < 4.78 is 26.7. The van der Waals surface area contributed by atoms with Crippen LogP contribution in [0.4, 0.5) is 8.78 Å². The summed E-state index contributed by atoms with van der Waals surface area (Å²) in [5, 5.41) is 8.79. The topological polar surface area (TPSA) is 39.7 Å². The van der Waals surface area contributed by atoms with Gasteiger partial charge in [0.05, 0.1) is 0 Å². The Morgan fingerprint density at radius 1 is 1.29 bits per heavy atom. The van der Waals surface area contributed by atoms with Crippen molar-refractivity contribution in [3.63, 3.8) is 0 Å². The fourth-order valence-corrected chi connectivity index (χ4v) is 4.85. The van der Waals surface area contributed by atoms with E-state index in [1.54, 1.807) is 7.05 Å². The number of benzene rings is 1. The summed E-state index contributed by atoms with van der Waals surface area (Å²) in [5.74, 6) is 0.157. The van der Waals surface area contributed by atoms with Crippen LogP contribution < -0.4 is 10.6 Å². The quantitative estimate of drug-likeness (QED) is 0.566. The Balaban J connectivity index is 1.51. The third kappa shape index (κ3) is 5.29. The van der Waals surface area contributed by atoms with Crippen molar-refractivity contribution < 1.29 is 8.78 Å². The minimum Gasteiger partial charge on any atom is -0.356 e. The lowest BCUT2D eigenvalue weighted by atomic mass is 9.88. The number of rotatable bonds is 6. The molecule has 2 heterocycles. The zero-order chi connectivity index (χ0) is 19.9. The molecular formula is C21H28F2N4S. The van der Waals surface area contributed by atoms with Crippen LogP contribution in [0.15, 0.2) is 40.7 Å². The molecule has 0 spiro atoms. The zero-order valence-electron chi connectivity index (χ0n) is 16.4. The van der Waals surface area contributed by atoms with Gasteiger partial charge in [-0.1, -0.05) is 12.1 Å². The van der Waals surface area contributed by atoms with E-state index >= 15 is 0 Å². The Kier molecular flexibility index (Phi) is 7.39. The molecule has 1 aromatic carbocycles. The molecule has 1 aromatic heterocycles. The third-order valence-electron chi connectivity index (χ3n) is 5.30. The van der Waals surface area contributed by atoms with Gasteiger partial charge in [-0.15, -0.1) is 11.3 Å². The highest BCUT2D eigenvalue weighted by Crippen LogP contribution is 2.36. The molecule has 0 radical (unpaired) electrons. The molecule has 28 heavy (non-hydrogen) atoms. The maximum Gasteiger partial charge on any atom is 0.190 e. The number of hydrogen-bond acceptors (Lipinski definition) is 3. The second-order valence-electron chi connectivity index (χ2n) is 7.21. The van der Waals surface area contributed by atoms with Gasteiger partial charge in [0.15, 0.2) is 5.96 Å². The van der Waals surface area contributed by atoms with Crippen molar-refractivity contribution >= 4 is 17.3 Å². The van der Waals surface area contributed by atoms with Gasteiger partial charge in [-0.2, -0.15) is 0 Å². The normalized spacial score (nSPS) is 20.9. The minimum atomic E-state index is -0.551.